The van der Waals surface area contributed by atoms with E-state index < -0.39 is 10.7 Å². The van der Waals surface area contributed by atoms with E-state index in [1.165, 1.54) is 12.1 Å². The quantitative estimate of drug-likeness (QED) is 0.491. The van der Waals surface area contributed by atoms with Crippen LogP contribution in [0.15, 0.2) is 18.2 Å². The van der Waals surface area contributed by atoms with E-state index in [0.29, 0.717) is 18.2 Å². The summed E-state index contributed by atoms with van der Waals surface area (Å²) in [6.45, 7) is 2.38. The van der Waals surface area contributed by atoms with Crippen LogP contribution in [-0.4, -0.2) is 19.7 Å². The lowest BCUT2D eigenvalue weighted by Gasteiger charge is -2.06. The molecule has 0 aliphatic rings. The van der Waals surface area contributed by atoms with Crippen molar-refractivity contribution in [1.82, 2.24) is 14.8 Å². The summed E-state index contributed by atoms with van der Waals surface area (Å²) in [5, 5.41) is 18.3. The summed E-state index contributed by atoms with van der Waals surface area (Å²) in [4.78, 5) is 9.91. The third-order valence-corrected chi connectivity index (χ3v) is 2.91. The Kier molecular flexibility index (Phi) is 3.75. The summed E-state index contributed by atoms with van der Waals surface area (Å²) in [7, 11) is 0. The van der Waals surface area contributed by atoms with Gasteiger partial charge in [-0.05, 0) is 13.0 Å². The van der Waals surface area contributed by atoms with E-state index >= 15 is 0 Å². The lowest BCUT2D eigenvalue weighted by Crippen LogP contribution is -2.03. The van der Waals surface area contributed by atoms with E-state index in [9.17, 15) is 14.5 Å². The van der Waals surface area contributed by atoms with E-state index in [1.54, 1.807) is 4.57 Å². The highest BCUT2D eigenvalue weighted by Gasteiger charge is 2.18. The molecule has 19 heavy (non-hydrogen) atoms. The molecule has 1 aromatic heterocycles. The molecule has 100 valence electrons. The topological polar surface area (TPSA) is 73.8 Å². The highest BCUT2D eigenvalue weighted by molar-refractivity contribution is 6.16. The van der Waals surface area contributed by atoms with Gasteiger partial charge in [-0.3, -0.25) is 10.1 Å². The van der Waals surface area contributed by atoms with Gasteiger partial charge in [0.25, 0.3) is 5.69 Å². The van der Waals surface area contributed by atoms with Gasteiger partial charge in [0.2, 0.25) is 0 Å². The largest absolute Gasteiger partial charge is 0.310 e. The zero-order chi connectivity index (χ0) is 14.0. The Morgan fingerprint density at radius 1 is 1.47 bits per heavy atom. The molecule has 0 atom stereocenters. The van der Waals surface area contributed by atoms with Crippen molar-refractivity contribution in [1.29, 1.82) is 0 Å². The molecule has 0 aliphatic carbocycles. The number of alkyl halides is 1. The van der Waals surface area contributed by atoms with Crippen LogP contribution in [-0.2, 0) is 12.4 Å². The highest BCUT2D eigenvalue weighted by atomic mass is 35.5. The molecule has 0 spiro atoms. The maximum atomic E-state index is 13.9. The Balaban J connectivity index is 2.53. The number of aromatic nitrogens is 3. The van der Waals surface area contributed by atoms with Gasteiger partial charge in [-0.2, -0.15) is 0 Å². The smallest absolute Gasteiger partial charge is 0.272 e. The van der Waals surface area contributed by atoms with Gasteiger partial charge < -0.3 is 4.57 Å². The second-order valence-electron chi connectivity index (χ2n) is 3.74. The molecule has 2 aromatic rings. The summed E-state index contributed by atoms with van der Waals surface area (Å²) in [5.74, 6) is 0.287. The number of hydrogen-bond acceptors (Lipinski definition) is 4. The zero-order valence-corrected chi connectivity index (χ0v) is 10.8. The van der Waals surface area contributed by atoms with Gasteiger partial charge in [-0.1, -0.05) is 0 Å². The normalized spacial score (nSPS) is 10.7. The van der Waals surface area contributed by atoms with E-state index in [2.05, 4.69) is 10.2 Å². The van der Waals surface area contributed by atoms with Crippen molar-refractivity contribution in [3.05, 3.63) is 40.0 Å². The van der Waals surface area contributed by atoms with E-state index in [1.807, 2.05) is 6.92 Å². The van der Waals surface area contributed by atoms with Crippen LogP contribution < -0.4 is 0 Å². The molecule has 0 bridgehead atoms. The minimum Gasteiger partial charge on any atom is -0.310 e. The fourth-order valence-electron chi connectivity index (χ4n) is 1.76. The van der Waals surface area contributed by atoms with Gasteiger partial charge in [-0.15, -0.1) is 21.8 Å². The fraction of sp³-hybridized carbons (Fsp3) is 0.273. The maximum absolute atomic E-state index is 13.9. The van der Waals surface area contributed by atoms with Gasteiger partial charge in [-0.25, -0.2) is 4.39 Å². The number of nitro benzene ring substituents is 1. The van der Waals surface area contributed by atoms with Crippen LogP contribution in [0.25, 0.3) is 11.4 Å². The number of halogens is 2. The Hall–Kier alpha value is -2.02. The van der Waals surface area contributed by atoms with Gasteiger partial charge in [0.05, 0.1) is 22.4 Å². The average Bonchev–Trinajstić information content (AvgIpc) is 2.80. The minimum atomic E-state index is -0.711. The first-order valence-corrected chi connectivity index (χ1v) is 6.04. The molecule has 8 heteroatoms. The van der Waals surface area contributed by atoms with Crippen LogP contribution in [0, 0.1) is 15.9 Å². The number of non-ortho nitro benzene ring substituents is 1. The van der Waals surface area contributed by atoms with Crippen LogP contribution in [0.4, 0.5) is 10.1 Å². The monoisotopic (exact) mass is 284 g/mol. The molecular weight excluding hydrogens is 275 g/mol. The summed E-state index contributed by atoms with van der Waals surface area (Å²) in [6.07, 6.45) is 0. The third kappa shape index (κ3) is 2.41. The predicted molar refractivity (Wildman–Crippen MR) is 67.3 cm³/mol. The van der Waals surface area contributed by atoms with Crippen molar-refractivity contribution in [2.45, 2.75) is 19.3 Å². The molecule has 0 saturated carbocycles. The molecule has 0 radical (unpaired) electrons. The lowest BCUT2D eigenvalue weighted by molar-refractivity contribution is -0.385. The molecule has 1 aromatic carbocycles. The van der Waals surface area contributed by atoms with E-state index in [-0.39, 0.29) is 17.1 Å². The van der Waals surface area contributed by atoms with Crippen LogP contribution in [0.2, 0.25) is 0 Å². The lowest BCUT2D eigenvalue weighted by atomic mass is 10.2. The number of nitro groups is 1. The van der Waals surface area contributed by atoms with Crippen LogP contribution in [0.3, 0.4) is 0 Å². The predicted octanol–water partition coefficient (Wildman–Crippen LogP) is 2.75. The SMILES string of the molecule is CCn1c(CCl)nnc1-c1ccc([N+](=O)[O-])cc1F. The number of rotatable bonds is 4. The molecule has 0 unspecified atom stereocenters. The molecular formula is C11H10ClFN4O2. The molecule has 2 rings (SSSR count). The molecule has 0 saturated heterocycles. The average molecular weight is 285 g/mol. The first-order valence-electron chi connectivity index (χ1n) is 5.50. The van der Waals surface area contributed by atoms with Gasteiger partial charge in [0, 0.05) is 12.6 Å². The standard InChI is InChI=1S/C11H10ClFN4O2/c1-2-16-10(6-12)14-15-11(16)8-4-3-7(17(18)19)5-9(8)13/h3-5H,2,6H2,1H3. The molecule has 0 N–H and O–H groups in total. The van der Waals surface area contributed by atoms with Gasteiger partial charge in [0.1, 0.15) is 11.6 Å². The third-order valence-electron chi connectivity index (χ3n) is 2.67. The van der Waals surface area contributed by atoms with E-state index in [0.717, 1.165) is 6.07 Å². The summed E-state index contributed by atoms with van der Waals surface area (Å²) in [5.41, 5.74) is -0.141. The zero-order valence-electron chi connectivity index (χ0n) is 10.0. The van der Waals surface area contributed by atoms with Gasteiger partial charge in [0.15, 0.2) is 5.82 Å². The number of benzene rings is 1. The maximum Gasteiger partial charge on any atom is 0.272 e. The molecule has 0 aliphatic heterocycles. The summed E-state index contributed by atoms with van der Waals surface area (Å²) < 4.78 is 15.6. The first-order chi connectivity index (χ1) is 9.08. The summed E-state index contributed by atoms with van der Waals surface area (Å²) >= 11 is 5.71. The van der Waals surface area contributed by atoms with E-state index in [4.69, 9.17) is 11.6 Å². The second kappa shape index (κ2) is 5.31. The summed E-state index contributed by atoms with van der Waals surface area (Å²) in [6, 6.07) is 3.42. The molecule has 1 heterocycles. The first kappa shape index (κ1) is 13.4. The Morgan fingerprint density at radius 3 is 2.74 bits per heavy atom. The van der Waals surface area contributed by atoms with Crippen molar-refractivity contribution in [2.24, 2.45) is 0 Å². The molecule has 0 fully saturated rings. The minimum absolute atomic E-state index is 0.162. The van der Waals surface area contributed by atoms with Crippen LogP contribution >= 0.6 is 11.6 Å². The van der Waals surface area contributed by atoms with Gasteiger partial charge >= 0.3 is 0 Å². The molecule has 0 amide bonds. The van der Waals surface area contributed by atoms with Crippen molar-refractivity contribution < 1.29 is 9.31 Å². The van der Waals surface area contributed by atoms with Crippen molar-refractivity contribution in [3.63, 3.8) is 0 Å². The molecule has 6 nitrogen and oxygen atoms in total. The number of hydrogen-bond donors (Lipinski definition) is 0. The van der Waals surface area contributed by atoms with Crippen molar-refractivity contribution in [3.8, 4) is 11.4 Å². The Labute approximate surface area is 113 Å². The second-order valence-corrected chi connectivity index (χ2v) is 4.01. The Bertz CT molecular complexity index is 629. The van der Waals surface area contributed by atoms with Crippen molar-refractivity contribution in [2.75, 3.05) is 0 Å². The fourth-order valence-corrected chi connectivity index (χ4v) is 1.96. The van der Waals surface area contributed by atoms with Crippen LogP contribution in [0.5, 0.6) is 0 Å². The number of nitrogens with zero attached hydrogens (tertiary/aromatic N) is 4. The Morgan fingerprint density at radius 2 is 2.21 bits per heavy atom. The van der Waals surface area contributed by atoms with Crippen molar-refractivity contribution >= 4 is 17.3 Å². The highest BCUT2D eigenvalue weighted by Crippen LogP contribution is 2.25. The van der Waals surface area contributed by atoms with Crippen LogP contribution in [0.1, 0.15) is 12.7 Å².